The molecule has 2 nitrogen and oxygen atoms in total. The lowest BCUT2D eigenvalue weighted by Gasteiger charge is -1.92. The summed E-state index contributed by atoms with van der Waals surface area (Å²) in [4.78, 5) is 10.7. The molecule has 1 aromatic carbocycles. The van der Waals surface area contributed by atoms with Gasteiger partial charge in [-0.05, 0) is 25.0 Å². The zero-order valence-electron chi connectivity index (χ0n) is 11.3. The molecule has 0 aliphatic heterocycles. The van der Waals surface area contributed by atoms with E-state index in [0.717, 1.165) is 11.1 Å². The van der Waals surface area contributed by atoms with E-state index in [1.807, 2.05) is 56.4 Å². The summed E-state index contributed by atoms with van der Waals surface area (Å²) in [6.45, 7) is 3.86. The predicted molar refractivity (Wildman–Crippen MR) is 81.3 cm³/mol. The third-order valence-corrected chi connectivity index (χ3v) is 2.43. The first-order valence-electron chi connectivity index (χ1n) is 6.14. The highest BCUT2D eigenvalue weighted by Gasteiger charge is 1.86. The first-order valence-corrected chi connectivity index (χ1v) is 6.14. The van der Waals surface area contributed by atoms with Crippen LogP contribution in [0.25, 0.3) is 6.08 Å². The number of amides is 1. The van der Waals surface area contributed by atoms with Gasteiger partial charge < -0.3 is 5.73 Å². The van der Waals surface area contributed by atoms with Crippen molar-refractivity contribution in [2.24, 2.45) is 5.73 Å². The average molecular weight is 253 g/mol. The molecule has 98 valence electrons. The predicted octanol–water partition coefficient (Wildman–Crippen LogP) is 3.63. The van der Waals surface area contributed by atoms with E-state index in [1.165, 1.54) is 11.6 Å². The first-order chi connectivity index (χ1) is 9.08. The fraction of sp³-hybridized carbons (Fsp3) is 0.118. The van der Waals surface area contributed by atoms with E-state index in [9.17, 15) is 4.79 Å². The van der Waals surface area contributed by atoms with Crippen LogP contribution in [0.5, 0.6) is 0 Å². The summed E-state index contributed by atoms with van der Waals surface area (Å²) in [5, 5.41) is 0. The summed E-state index contributed by atoms with van der Waals surface area (Å²) in [6.07, 6.45) is 11.2. The van der Waals surface area contributed by atoms with Crippen molar-refractivity contribution in [3.05, 3.63) is 77.4 Å². The molecule has 1 rings (SSSR count). The van der Waals surface area contributed by atoms with Crippen LogP contribution in [0.3, 0.4) is 0 Å². The Balaban J connectivity index is 2.61. The van der Waals surface area contributed by atoms with E-state index < -0.39 is 5.91 Å². The lowest BCUT2D eigenvalue weighted by atomic mass is 10.1. The van der Waals surface area contributed by atoms with Gasteiger partial charge in [0.1, 0.15) is 0 Å². The van der Waals surface area contributed by atoms with Crippen LogP contribution in [-0.4, -0.2) is 5.91 Å². The Morgan fingerprint density at radius 1 is 1.05 bits per heavy atom. The second-order valence-electron chi connectivity index (χ2n) is 4.30. The number of rotatable bonds is 5. The lowest BCUT2D eigenvalue weighted by Crippen LogP contribution is -2.06. The molecule has 2 heteroatoms. The monoisotopic (exact) mass is 253 g/mol. The molecule has 0 aromatic heterocycles. The van der Waals surface area contributed by atoms with Gasteiger partial charge in [0, 0.05) is 6.08 Å². The third-order valence-electron chi connectivity index (χ3n) is 2.43. The molecule has 0 unspecified atom stereocenters. The van der Waals surface area contributed by atoms with Gasteiger partial charge >= 0.3 is 0 Å². The van der Waals surface area contributed by atoms with Crippen LogP contribution < -0.4 is 5.73 Å². The summed E-state index contributed by atoms with van der Waals surface area (Å²) in [7, 11) is 0. The van der Waals surface area contributed by atoms with Crippen molar-refractivity contribution in [1.82, 2.24) is 0 Å². The fourth-order valence-electron chi connectivity index (χ4n) is 1.47. The van der Waals surface area contributed by atoms with Crippen molar-refractivity contribution in [1.29, 1.82) is 0 Å². The van der Waals surface area contributed by atoms with Crippen LogP contribution >= 0.6 is 0 Å². The van der Waals surface area contributed by atoms with Crippen LogP contribution in [0.2, 0.25) is 0 Å². The molecule has 0 saturated carbocycles. The Labute approximate surface area is 114 Å². The Kier molecular flexibility index (Phi) is 6.10. The molecule has 0 saturated heterocycles. The van der Waals surface area contributed by atoms with Gasteiger partial charge in [0.2, 0.25) is 5.91 Å². The minimum atomic E-state index is -0.424. The second kappa shape index (κ2) is 7.88. The zero-order chi connectivity index (χ0) is 14.1. The molecular weight excluding hydrogens is 234 g/mol. The zero-order valence-corrected chi connectivity index (χ0v) is 11.3. The third kappa shape index (κ3) is 6.84. The molecule has 0 spiro atoms. The van der Waals surface area contributed by atoms with Gasteiger partial charge in [-0.15, -0.1) is 0 Å². The van der Waals surface area contributed by atoms with Crippen molar-refractivity contribution in [2.75, 3.05) is 0 Å². The molecule has 19 heavy (non-hydrogen) atoms. The number of carbonyl (C=O) groups is 1. The topological polar surface area (TPSA) is 43.1 Å². The number of carbonyl (C=O) groups excluding carboxylic acids is 1. The Hall–Kier alpha value is -2.35. The Bertz CT molecular complexity index is 534. The van der Waals surface area contributed by atoms with Crippen molar-refractivity contribution in [2.45, 2.75) is 13.8 Å². The van der Waals surface area contributed by atoms with Gasteiger partial charge in [0.25, 0.3) is 0 Å². The van der Waals surface area contributed by atoms with Gasteiger partial charge in [-0.3, -0.25) is 4.79 Å². The number of benzene rings is 1. The molecule has 0 atom stereocenters. The summed E-state index contributed by atoms with van der Waals surface area (Å²) in [5.41, 5.74) is 8.20. The number of hydrogen-bond donors (Lipinski definition) is 1. The standard InChI is InChI=1S/C17H19NO/c1-14(7-6-8-15(2)13-17(18)19)11-12-16-9-4-3-5-10-16/h3-13H,1-2H3,(H2,18,19). The summed E-state index contributed by atoms with van der Waals surface area (Å²) in [5.74, 6) is -0.424. The summed E-state index contributed by atoms with van der Waals surface area (Å²) < 4.78 is 0. The lowest BCUT2D eigenvalue weighted by molar-refractivity contribution is -0.113. The summed E-state index contributed by atoms with van der Waals surface area (Å²) >= 11 is 0. The minimum Gasteiger partial charge on any atom is -0.366 e. The van der Waals surface area contributed by atoms with Crippen LogP contribution in [0, 0.1) is 0 Å². The highest BCUT2D eigenvalue weighted by Crippen LogP contribution is 2.05. The normalized spacial score (nSPS) is 13.4. The van der Waals surface area contributed by atoms with E-state index >= 15 is 0 Å². The average Bonchev–Trinajstić information content (AvgIpc) is 2.36. The maximum absolute atomic E-state index is 10.7. The number of hydrogen-bond acceptors (Lipinski definition) is 1. The molecule has 0 heterocycles. The molecule has 2 N–H and O–H groups in total. The van der Waals surface area contributed by atoms with Crippen LogP contribution in [-0.2, 0) is 4.79 Å². The molecular formula is C17H19NO. The fourth-order valence-corrected chi connectivity index (χ4v) is 1.47. The maximum Gasteiger partial charge on any atom is 0.241 e. The number of allylic oxidation sites excluding steroid dienone is 6. The highest BCUT2D eigenvalue weighted by atomic mass is 16.1. The number of nitrogens with two attached hydrogens (primary N) is 1. The smallest absolute Gasteiger partial charge is 0.241 e. The molecule has 0 aliphatic rings. The van der Waals surface area contributed by atoms with Gasteiger partial charge in [-0.25, -0.2) is 0 Å². The van der Waals surface area contributed by atoms with E-state index in [0.29, 0.717) is 0 Å². The van der Waals surface area contributed by atoms with Crippen LogP contribution in [0.15, 0.2) is 71.9 Å². The minimum absolute atomic E-state index is 0.424. The van der Waals surface area contributed by atoms with Crippen molar-refractivity contribution in [3.8, 4) is 0 Å². The highest BCUT2D eigenvalue weighted by molar-refractivity contribution is 5.86. The molecule has 0 aliphatic carbocycles. The molecule has 0 fully saturated rings. The van der Waals surface area contributed by atoms with Gasteiger partial charge in [-0.1, -0.05) is 66.3 Å². The molecule has 1 amide bonds. The van der Waals surface area contributed by atoms with Crippen LogP contribution in [0.4, 0.5) is 0 Å². The first kappa shape index (κ1) is 14.7. The number of primary amides is 1. The Morgan fingerprint density at radius 2 is 1.74 bits per heavy atom. The second-order valence-corrected chi connectivity index (χ2v) is 4.30. The largest absolute Gasteiger partial charge is 0.366 e. The van der Waals surface area contributed by atoms with Gasteiger partial charge in [0.05, 0.1) is 0 Å². The van der Waals surface area contributed by atoms with E-state index in [2.05, 4.69) is 18.2 Å². The van der Waals surface area contributed by atoms with Gasteiger partial charge in [0.15, 0.2) is 0 Å². The molecule has 0 bridgehead atoms. The summed E-state index contributed by atoms with van der Waals surface area (Å²) in [6, 6.07) is 10.1. The van der Waals surface area contributed by atoms with E-state index in [1.54, 1.807) is 0 Å². The SMILES string of the molecule is CC(C=Cc1ccccc1)=CC=CC(C)=CC(N)=O. The van der Waals surface area contributed by atoms with Crippen molar-refractivity contribution < 1.29 is 4.79 Å². The molecule has 1 aromatic rings. The van der Waals surface area contributed by atoms with E-state index in [4.69, 9.17) is 5.73 Å². The van der Waals surface area contributed by atoms with Gasteiger partial charge in [-0.2, -0.15) is 0 Å². The molecule has 0 radical (unpaired) electrons. The Morgan fingerprint density at radius 3 is 2.37 bits per heavy atom. The quantitative estimate of drug-likeness (QED) is 0.632. The maximum atomic E-state index is 10.7. The van der Waals surface area contributed by atoms with Crippen molar-refractivity contribution >= 4 is 12.0 Å². The van der Waals surface area contributed by atoms with Crippen molar-refractivity contribution in [3.63, 3.8) is 0 Å². The van der Waals surface area contributed by atoms with E-state index in [-0.39, 0.29) is 0 Å². The van der Waals surface area contributed by atoms with Crippen LogP contribution in [0.1, 0.15) is 19.4 Å².